The fraction of sp³-hybridized carbons (Fsp3) is 0.824. The lowest BCUT2D eigenvalue weighted by Gasteiger charge is -2.20. The Labute approximate surface area is 344 Å². The van der Waals surface area contributed by atoms with Gasteiger partial charge in [-0.05, 0) is 51.4 Å². The van der Waals surface area contributed by atoms with Gasteiger partial charge in [-0.15, -0.1) is 0 Å². The highest BCUT2D eigenvalue weighted by Crippen LogP contribution is 2.16. The predicted octanol–water partition coefficient (Wildman–Crippen LogP) is 15.5. The zero-order chi connectivity index (χ0) is 40.0. The summed E-state index contributed by atoms with van der Waals surface area (Å²) in [4.78, 5) is 12.4. The van der Waals surface area contributed by atoms with Crippen LogP contribution < -0.4 is 5.32 Å². The molecule has 3 N–H and O–H groups in total. The van der Waals surface area contributed by atoms with Crippen LogP contribution in [0.25, 0.3) is 0 Å². The number of unbranched alkanes of at least 4 members (excludes halogenated alkanes) is 31. The molecule has 0 aliphatic rings. The predicted molar refractivity (Wildman–Crippen MR) is 244 cm³/mol. The van der Waals surface area contributed by atoms with E-state index in [-0.39, 0.29) is 12.5 Å². The van der Waals surface area contributed by atoms with Crippen LogP contribution in [0.15, 0.2) is 48.6 Å². The van der Waals surface area contributed by atoms with Gasteiger partial charge in [-0.2, -0.15) is 0 Å². The summed E-state index contributed by atoms with van der Waals surface area (Å²) in [6.07, 6.45) is 63.9. The second kappa shape index (κ2) is 46.7. The van der Waals surface area contributed by atoms with E-state index < -0.39 is 12.1 Å². The highest BCUT2D eigenvalue weighted by Gasteiger charge is 2.17. The Morgan fingerprint density at radius 1 is 0.455 bits per heavy atom. The van der Waals surface area contributed by atoms with Gasteiger partial charge in [0.25, 0.3) is 0 Å². The Morgan fingerprint density at radius 2 is 0.800 bits per heavy atom. The van der Waals surface area contributed by atoms with Crippen molar-refractivity contribution in [2.45, 2.75) is 264 Å². The molecule has 0 heterocycles. The highest BCUT2D eigenvalue weighted by atomic mass is 16.3. The van der Waals surface area contributed by atoms with Gasteiger partial charge >= 0.3 is 0 Å². The number of aliphatic hydroxyl groups excluding tert-OH is 2. The summed E-state index contributed by atoms with van der Waals surface area (Å²) < 4.78 is 0. The largest absolute Gasteiger partial charge is 0.394 e. The van der Waals surface area contributed by atoms with Crippen LogP contribution in [0.2, 0.25) is 0 Å². The van der Waals surface area contributed by atoms with Crippen LogP contribution in [-0.4, -0.2) is 34.9 Å². The number of carbonyl (C=O) groups excluding carboxylic acids is 1. The third-order valence-electron chi connectivity index (χ3n) is 11.1. The second-order valence-corrected chi connectivity index (χ2v) is 16.5. The van der Waals surface area contributed by atoms with Crippen molar-refractivity contribution in [2.75, 3.05) is 6.61 Å². The van der Waals surface area contributed by atoms with Gasteiger partial charge in [-0.25, -0.2) is 0 Å². The van der Waals surface area contributed by atoms with Crippen molar-refractivity contribution in [3.05, 3.63) is 48.6 Å². The molecule has 0 bridgehead atoms. The fourth-order valence-electron chi connectivity index (χ4n) is 7.37. The molecule has 0 aliphatic heterocycles. The van der Waals surface area contributed by atoms with Crippen molar-refractivity contribution >= 4 is 5.91 Å². The molecular formula is C51H95NO3. The van der Waals surface area contributed by atoms with E-state index in [2.05, 4.69) is 55.6 Å². The maximum atomic E-state index is 12.4. The summed E-state index contributed by atoms with van der Waals surface area (Å²) in [6.45, 7) is 4.20. The van der Waals surface area contributed by atoms with Gasteiger partial charge < -0.3 is 15.5 Å². The minimum atomic E-state index is -0.848. The van der Waals surface area contributed by atoms with E-state index >= 15 is 0 Å². The topological polar surface area (TPSA) is 69.6 Å². The molecule has 0 aliphatic carbocycles. The summed E-state index contributed by atoms with van der Waals surface area (Å²) in [6, 6.07) is -0.632. The van der Waals surface area contributed by atoms with Crippen molar-refractivity contribution < 1.29 is 15.0 Å². The van der Waals surface area contributed by atoms with E-state index in [1.54, 1.807) is 6.08 Å². The minimum Gasteiger partial charge on any atom is -0.394 e. The fourth-order valence-corrected chi connectivity index (χ4v) is 7.37. The molecule has 0 saturated heterocycles. The third-order valence-corrected chi connectivity index (χ3v) is 11.1. The summed E-state index contributed by atoms with van der Waals surface area (Å²) in [7, 11) is 0. The maximum absolute atomic E-state index is 12.4. The first kappa shape index (κ1) is 53.4. The number of aliphatic hydroxyl groups is 2. The Kier molecular flexibility index (Phi) is 45.3. The third kappa shape index (κ3) is 43.3. The van der Waals surface area contributed by atoms with Crippen molar-refractivity contribution in [1.29, 1.82) is 0 Å². The number of nitrogens with one attached hydrogen (secondary N) is 1. The number of rotatable bonds is 44. The number of allylic oxidation sites excluding steroid dienone is 7. The van der Waals surface area contributed by atoms with Crippen LogP contribution in [-0.2, 0) is 4.79 Å². The van der Waals surface area contributed by atoms with Crippen LogP contribution in [0.5, 0.6) is 0 Å². The van der Waals surface area contributed by atoms with Crippen molar-refractivity contribution in [2.24, 2.45) is 0 Å². The molecule has 322 valence electrons. The molecule has 4 nitrogen and oxygen atoms in total. The monoisotopic (exact) mass is 770 g/mol. The molecule has 0 aromatic heterocycles. The molecule has 0 aromatic carbocycles. The minimum absolute atomic E-state index is 0.0805. The van der Waals surface area contributed by atoms with Crippen molar-refractivity contribution in [1.82, 2.24) is 5.32 Å². The Hall–Kier alpha value is -1.65. The maximum Gasteiger partial charge on any atom is 0.220 e. The number of amides is 1. The SMILES string of the molecule is CC/C=C\C/C=C\C/C=C\CCCCCCCC(=O)NC(CO)C(O)/C=C/CCCCCCCCCCCCCCCCCCCCCCCCCCCC. The highest BCUT2D eigenvalue weighted by molar-refractivity contribution is 5.76. The van der Waals surface area contributed by atoms with E-state index in [0.29, 0.717) is 6.42 Å². The lowest BCUT2D eigenvalue weighted by Crippen LogP contribution is -2.45. The number of hydrogen-bond donors (Lipinski definition) is 3. The van der Waals surface area contributed by atoms with Gasteiger partial charge in [0.2, 0.25) is 5.91 Å². The van der Waals surface area contributed by atoms with E-state index in [4.69, 9.17) is 0 Å². The van der Waals surface area contributed by atoms with E-state index in [0.717, 1.165) is 57.8 Å². The molecule has 2 unspecified atom stereocenters. The number of hydrogen-bond acceptors (Lipinski definition) is 3. The van der Waals surface area contributed by atoms with Gasteiger partial charge in [0.1, 0.15) is 0 Å². The first-order valence-corrected chi connectivity index (χ1v) is 24.4. The van der Waals surface area contributed by atoms with Gasteiger partial charge in [0.05, 0.1) is 18.8 Å². The molecule has 55 heavy (non-hydrogen) atoms. The summed E-state index contributed by atoms with van der Waals surface area (Å²) in [5, 5.41) is 23.0. The van der Waals surface area contributed by atoms with Crippen molar-refractivity contribution in [3.8, 4) is 0 Å². The summed E-state index contributed by atoms with van der Waals surface area (Å²) >= 11 is 0. The first-order valence-electron chi connectivity index (χ1n) is 24.4. The average Bonchev–Trinajstić information content (AvgIpc) is 3.19. The Balaban J connectivity index is 3.50. The zero-order valence-corrected chi connectivity index (χ0v) is 36.9. The quantitative estimate of drug-likeness (QED) is 0.0427. The first-order chi connectivity index (χ1) is 27.2. The normalized spacial score (nSPS) is 13.3. The molecule has 0 spiro atoms. The van der Waals surface area contributed by atoms with Crippen LogP contribution >= 0.6 is 0 Å². The lowest BCUT2D eigenvalue weighted by atomic mass is 10.0. The smallest absolute Gasteiger partial charge is 0.220 e. The molecule has 1 amide bonds. The molecule has 0 radical (unpaired) electrons. The lowest BCUT2D eigenvalue weighted by molar-refractivity contribution is -0.123. The van der Waals surface area contributed by atoms with Gasteiger partial charge in [-0.1, -0.05) is 242 Å². The molecule has 0 aromatic rings. The average molecular weight is 770 g/mol. The van der Waals surface area contributed by atoms with Crippen LogP contribution in [0, 0.1) is 0 Å². The van der Waals surface area contributed by atoms with E-state index in [1.165, 1.54) is 173 Å². The summed E-state index contributed by atoms with van der Waals surface area (Å²) in [5.74, 6) is -0.0805. The number of carbonyl (C=O) groups is 1. The van der Waals surface area contributed by atoms with Gasteiger partial charge in [0.15, 0.2) is 0 Å². The Morgan fingerprint density at radius 3 is 1.20 bits per heavy atom. The molecule has 2 atom stereocenters. The van der Waals surface area contributed by atoms with Crippen LogP contribution in [0.4, 0.5) is 0 Å². The van der Waals surface area contributed by atoms with Crippen LogP contribution in [0.1, 0.15) is 251 Å². The summed E-state index contributed by atoms with van der Waals surface area (Å²) in [5.41, 5.74) is 0. The zero-order valence-electron chi connectivity index (χ0n) is 36.9. The molecular weight excluding hydrogens is 675 g/mol. The van der Waals surface area contributed by atoms with Gasteiger partial charge in [-0.3, -0.25) is 4.79 Å². The second-order valence-electron chi connectivity index (χ2n) is 16.5. The molecule has 0 fully saturated rings. The molecule has 0 saturated carbocycles. The van der Waals surface area contributed by atoms with E-state index in [1.807, 2.05) is 6.08 Å². The molecule has 0 rings (SSSR count). The van der Waals surface area contributed by atoms with E-state index in [9.17, 15) is 15.0 Å². The van der Waals surface area contributed by atoms with Gasteiger partial charge in [0, 0.05) is 6.42 Å². The molecule has 4 heteroatoms. The van der Waals surface area contributed by atoms with Crippen LogP contribution in [0.3, 0.4) is 0 Å². The standard InChI is InChI=1S/C51H95NO3/c1-3-5-7-9-11-13-15-17-19-20-21-22-23-24-25-26-27-28-29-30-31-33-34-36-38-40-42-44-46-50(54)49(48-53)52-51(55)47-45-43-41-39-37-35-32-18-16-14-12-10-8-6-4-2/h6,8,12,14,18,32,44,46,49-50,53-54H,3-5,7,9-11,13,15-17,19-31,33-43,45,47-48H2,1-2H3,(H,52,55)/b8-6-,14-12-,32-18-,46-44+. The Bertz CT molecular complexity index is 877. The van der Waals surface area contributed by atoms with Crippen molar-refractivity contribution in [3.63, 3.8) is 0 Å².